The van der Waals surface area contributed by atoms with Crippen LogP contribution in [0.1, 0.15) is 42.9 Å². The number of rotatable bonds is 5. The first kappa shape index (κ1) is 23.5. The van der Waals surface area contributed by atoms with Crippen LogP contribution in [-0.2, 0) is 22.6 Å². The first-order valence-electron chi connectivity index (χ1n) is 10.8. The van der Waals surface area contributed by atoms with Gasteiger partial charge < -0.3 is 4.42 Å². The maximum atomic E-state index is 13.4. The lowest BCUT2D eigenvalue weighted by Crippen LogP contribution is -2.38. The zero-order chi connectivity index (χ0) is 23.8. The molecular formula is C24H24F3NO4S. The highest BCUT2D eigenvalue weighted by Crippen LogP contribution is 2.34. The van der Waals surface area contributed by atoms with Gasteiger partial charge in [0, 0.05) is 24.5 Å². The van der Waals surface area contributed by atoms with Crippen LogP contribution < -0.4 is 5.63 Å². The van der Waals surface area contributed by atoms with Gasteiger partial charge in [0.05, 0.1) is 10.5 Å². The van der Waals surface area contributed by atoms with Crippen molar-refractivity contribution in [3.63, 3.8) is 0 Å². The summed E-state index contributed by atoms with van der Waals surface area (Å²) in [4.78, 5) is 11.7. The second kappa shape index (κ2) is 8.95. The van der Waals surface area contributed by atoms with Gasteiger partial charge in [0.25, 0.3) is 0 Å². The van der Waals surface area contributed by atoms with Gasteiger partial charge in [-0.05, 0) is 60.6 Å². The molecule has 0 N–H and O–H groups in total. The van der Waals surface area contributed by atoms with E-state index in [9.17, 15) is 26.4 Å². The molecule has 2 heterocycles. The lowest BCUT2D eigenvalue weighted by Gasteiger charge is -2.30. The highest BCUT2D eigenvalue weighted by Gasteiger charge is 2.34. The van der Waals surface area contributed by atoms with Crippen molar-refractivity contribution >= 4 is 21.0 Å². The zero-order valence-corrected chi connectivity index (χ0v) is 18.9. The lowest BCUT2D eigenvalue weighted by molar-refractivity contribution is -0.136. The number of hydrogen-bond acceptors (Lipinski definition) is 4. The number of nitrogens with zero attached hydrogens (tertiary/aromatic N) is 1. The second-order valence-corrected chi connectivity index (χ2v) is 10.3. The van der Waals surface area contributed by atoms with E-state index < -0.39 is 27.4 Å². The van der Waals surface area contributed by atoms with Crippen LogP contribution in [0, 0.1) is 5.92 Å². The number of fused-ring (bicyclic) bond motifs is 1. The topological polar surface area (TPSA) is 67.6 Å². The summed E-state index contributed by atoms with van der Waals surface area (Å²) in [5, 5.41) is -0.186. The standard InChI is InChI=1S/C24H24F3NO4S/c1-2-16-9-11-28(12-10-16)33(30,31)19-6-3-17(4-7-19)13-18-5-8-22-20(14-18)21(24(25,26)27)15-23(29)32-22/h3-8,14-16H,2,9-13H2,1H3. The Labute approximate surface area is 189 Å². The molecule has 1 saturated heterocycles. The summed E-state index contributed by atoms with van der Waals surface area (Å²) in [5.74, 6) is 0.562. The smallest absolute Gasteiger partial charge is 0.417 e. The average Bonchev–Trinajstić information content (AvgIpc) is 2.78. The van der Waals surface area contributed by atoms with Crippen LogP contribution in [0.3, 0.4) is 0 Å². The zero-order valence-electron chi connectivity index (χ0n) is 18.1. The molecule has 4 rings (SSSR count). The molecule has 1 aliphatic heterocycles. The van der Waals surface area contributed by atoms with Gasteiger partial charge in [-0.2, -0.15) is 17.5 Å². The molecule has 0 saturated carbocycles. The Morgan fingerprint density at radius 2 is 1.64 bits per heavy atom. The Morgan fingerprint density at radius 1 is 1.00 bits per heavy atom. The first-order valence-corrected chi connectivity index (χ1v) is 12.2. The number of halogens is 3. The van der Waals surface area contributed by atoms with Crippen molar-refractivity contribution in [2.75, 3.05) is 13.1 Å². The molecule has 33 heavy (non-hydrogen) atoms. The first-order chi connectivity index (χ1) is 15.6. The molecule has 1 aliphatic rings. The van der Waals surface area contributed by atoms with E-state index in [0.717, 1.165) is 24.8 Å². The molecular weight excluding hydrogens is 455 g/mol. The fourth-order valence-electron chi connectivity index (χ4n) is 4.28. The number of benzene rings is 2. The van der Waals surface area contributed by atoms with Crippen molar-refractivity contribution < 1.29 is 26.0 Å². The molecule has 0 bridgehead atoms. The molecule has 176 valence electrons. The Kier molecular flexibility index (Phi) is 6.37. The Morgan fingerprint density at radius 3 is 2.24 bits per heavy atom. The molecule has 9 heteroatoms. The molecule has 1 fully saturated rings. The second-order valence-electron chi connectivity index (χ2n) is 8.38. The molecule has 5 nitrogen and oxygen atoms in total. The molecule has 0 amide bonds. The molecule has 0 radical (unpaired) electrons. The van der Waals surface area contributed by atoms with E-state index in [1.54, 1.807) is 18.2 Å². The fraction of sp³-hybridized carbons (Fsp3) is 0.375. The van der Waals surface area contributed by atoms with Crippen molar-refractivity contribution in [3.8, 4) is 0 Å². The van der Waals surface area contributed by atoms with Crippen molar-refractivity contribution in [3.05, 3.63) is 75.6 Å². The third-order valence-corrected chi connectivity index (χ3v) is 8.15. The minimum atomic E-state index is -4.69. The van der Waals surface area contributed by atoms with Crippen molar-refractivity contribution in [1.29, 1.82) is 0 Å². The van der Waals surface area contributed by atoms with Crippen molar-refractivity contribution in [2.24, 2.45) is 5.92 Å². The van der Waals surface area contributed by atoms with Gasteiger partial charge in [0.15, 0.2) is 0 Å². The summed E-state index contributed by atoms with van der Waals surface area (Å²) in [5.41, 5.74) is -0.892. The Balaban J connectivity index is 1.56. The highest BCUT2D eigenvalue weighted by atomic mass is 32.2. The molecule has 2 aromatic carbocycles. The third kappa shape index (κ3) is 4.99. The van der Waals surface area contributed by atoms with Crippen molar-refractivity contribution in [1.82, 2.24) is 4.31 Å². The summed E-state index contributed by atoms with van der Waals surface area (Å²) in [6, 6.07) is 11.2. The predicted molar refractivity (Wildman–Crippen MR) is 119 cm³/mol. The number of sulfonamides is 1. The summed E-state index contributed by atoms with van der Waals surface area (Å²) >= 11 is 0. The van der Waals surface area contributed by atoms with Gasteiger partial charge in [-0.1, -0.05) is 31.5 Å². The van der Waals surface area contributed by atoms with Crippen LogP contribution in [0.5, 0.6) is 0 Å². The van der Waals surface area contributed by atoms with E-state index in [1.165, 1.54) is 28.6 Å². The molecule has 0 aliphatic carbocycles. The van der Waals surface area contributed by atoms with Crippen molar-refractivity contribution in [2.45, 2.75) is 43.7 Å². The summed E-state index contributed by atoms with van der Waals surface area (Å²) in [6.07, 6.45) is -1.62. The minimum absolute atomic E-state index is 0.133. The summed E-state index contributed by atoms with van der Waals surface area (Å²) < 4.78 is 72.4. The van der Waals surface area contributed by atoms with E-state index in [2.05, 4.69) is 6.92 Å². The highest BCUT2D eigenvalue weighted by molar-refractivity contribution is 7.89. The molecule has 0 atom stereocenters. The fourth-order valence-corrected chi connectivity index (χ4v) is 5.75. The Hall–Kier alpha value is -2.65. The number of piperidine rings is 1. The van der Waals surface area contributed by atoms with Gasteiger partial charge in [-0.25, -0.2) is 13.2 Å². The van der Waals surface area contributed by atoms with Crippen LogP contribution in [-0.4, -0.2) is 25.8 Å². The SMILES string of the molecule is CCC1CCN(S(=O)(=O)c2ccc(Cc3ccc4oc(=O)cc(C(F)(F)F)c4c3)cc2)CC1. The van der Waals surface area contributed by atoms with Gasteiger partial charge >= 0.3 is 11.8 Å². The van der Waals surface area contributed by atoms with Gasteiger partial charge in [-0.15, -0.1) is 0 Å². The van der Waals surface area contributed by atoms with E-state index in [-0.39, 0.29) is 15.9 Å². The van der Waals surface area contributed by atoms with Crippen LogP contribution >= 0.6 is 0 Å². The third-order valence-electron chi connectivity index (χ3n) is 6.23. The van der Waals surface area contributed by atoms with Gasteiger partial charge in [0.2, 0.25) is 10.0 Å². The molecule has 3 aromatic rings. The maximum absolute atomic E-state index is 13.4. The summed E-state index contributed by atoms with van der Waals surface area (Å²) in [6.45, 7) is 3.14. The van der Waals surface area contributed by atoms with Crippen LogP contribution in [0.25, 0.3) is 11.0 Å². The molecule has 0 unspecified atom stereocenters. The number of alkyl halides is 3. The van der Waals surface area contributed by atoms with Gasteiger partial charge in [-0.3, -0.25) is 0 Å². The monoisotopic (exact) mass is 479 g/mol. The minimum Gasteiger partial charge on any atom is -0.423 e. The van der Waals surface area contributed by atoms with Crippen LogP contribution in [0.4, 0.5) is 13.2 Å². The quantitative estimate of drug-likeness (QED) is 0.471. The lowest BCUT2D eigenvalue weighted by atomic mass is 9.96. The van der Waals surface area contributed by atoms with E-state index in [1.807, 2.05) is 0 Å². The van der Waals surface area contributed by atoms with E-state index >= 15 is 0 Å². The number of hydrogen-bond donors (Lipinski definition) is 0. The average molecular weight is 480 g/mol. The molecule has 0 spiro atoms. The normalized spacial score (nSPS) is 16.4. The van der Waals surface area contributed by atoms with E-state index in [0.29, 0.717) is 37.1 Å². The van der Waals surface area contributed by atoms with Crippen LogP contribution in [0.15, 0.2) is 62.6 Å². The maximum Gasteiger partial charge on any atom is 0.417 e. The predicted octanol–water partition coefficient (Wildman–Crippen LogP) is 5.21. The van der Waals surface area contributed by atoms with E-state index in [4.69, 9.17) is 4.42 Å². The summed E-state index contributed by atoms with van der Waals surface area (Å²) in [7, 11) is -3.57. The molecule has 1 aromatic heterocycles. The van der Waals surface area contributed by atoms with Crippen LogP contribution in [0.2, 0.25) is 0 Å². The largest absolute Gasteiger partial charge is 0.423 e. The van der Waals surface area contributed by atoms with Gasteiger partial charge in [0.1, 0.15) is 5.58 Å². The Bertz CT molecular complexity index is 1310.